The zero-order valence-corrected chi connectivity index (χ0v) is 13.8. The SMILES string of the molecule is COc1ccc(OC)c(CC(=O)NC2CCCC(C(F)(F)F)C2)c1. The summed E-state index contributed by atoms with van der Waals surface area (Å²) in [7, 11) is 3.02. The van der Waals surface area contributed by atoms with Crippen molar-refractivity contribution in [1.82, 2.24) is 5.32 Å². The third kappa shape index (κ3) is 4.79. The molecular formula is C17H22F3NO3. The Morgan fingerprint density at radius 1 is 1.25 bits per heavy atom. The molecule has 1 amide bonds. The van der Waals surface area contributed by atoms with Crippen LogP contribution in [0.1, 0.15) is 31.2 Å². The molecule has 134 valence electrons. The molecule has 1 N–H and O–H groups in total. The minimum atomic E-state index is -4.20. The number of hydrogen-bond acceptors (Lipinski definition) is 3. The van der Waals surface area contributed by atoms with Crippen LogP contribution in [0.2, 0.25) is 0 Å². The Morgan fingerprint density at radius 3 is 2.62 bits per heavy atom. The lowest BCUT2D eigenvalue weighted by Crippen LogP contribution is -2.42. The molecular weight excluding hydrogens is 323 g/mol. The Kier molecular flexibility index (Phi) is 5.96. The first-order chi connectivity index (χ1) is 11.3. The van der Waals surface area contributed by atoms with Crippen LogP contribution in [0.4, 0.5) is 13.2 Å². The Morgan fingerprint density at radius 2 is 2.00 bits per heavy atom. The molecule has 0 saturated heterocycles. The third-order valence-corrected chi connectivity index (χ3v) is 4.34. The van der Waals surface area contributed by atoms with Crippen LogP contribution in [-0.2, 0) is 11.2 Å². The molecule has 2 rings (SSSR count). The van der Waals surface area contributed by atoms with Gasteiger partial charge in [0.25, 0.3) is 0 Å². The second-order valence-electron chi connectivity index (χ2n) is 6.02. The third-order valence-electron chi connectivity index (χ3n) is 4.34. The van der Waals surface area contributed by atoms with E-state index in [1.165, 1.54) is 14.2 Å². The Bertz CT molecular complexity index is 575. The van der Waals surface area contributed by atoms with Crippen molar-refractivity contribution in [3.63, 3.8) is 0 Å². The summed E-state index contributed by atoms with van der Waals surface area (Å²) in [5.41, 5.74) is 0.637. The lowest BCUT2D eigenvalue weighted by Gasteiger charge is -2.31. The number of methoxy groups -OCH3 is 2. The first-order valence-corrected chi connectivity index (χ1v) is 7.90. The summed E-state index contributed by atoms with van der Waals surface area (Å²) < 4.78 is 48.9. The summed E-state index contributed by atoms with van der Waals surface area (Å²) in [4.78, 5) is 12.2. The quantitative estimate of drug-likeness (QED) is 0.889. The zero-order valence-electron chi connectivity index (χ0n) is 13.8. The van der Waals surface area contributed by atoms with E-state index in [4.69, 9.17) is 9.47 Å². The summed E-state index contributed by atoms with van der Waals surface area (Å²) in [5.74, 6) is -0.506. The standard InChI is InChI=1S/C17H22F3NO3/c1-23-14-6-7-15(24-2)11(8-14)9-16(22)21-13-5-3-4-12(10-13)17(18,19)20/h6-8,12-13H,3-5,9-10H2,1-2H3,(H,21,22). The maximum absolute atomic E-state index is 12.8. The van der Waals surface area contributed by atoms with Gasteiger partial charge < -0.3 is 14.8 Å². The molecule has 4 nitrogen and oxygen atoms in total. The number of alkyl halides is 3. The van der Waals surface area contributed by atoms with E-state index in [1.54, 1.807) is 18.2 Å². The van der Waals surface area contributed by atoms with Crippen LogP contribution in [0, 0.1) is 5.92 Å². The second-order valence-corrected chi connectivity index (χ2v) is 6.02. The van der Waals surface area contributed by atoms with Crippen LogP contribution in [0.25, 0.3) is 0 Å². The molecule has 1 saturated carbocycles. The van der Waals surface area contributed by atoms with Gasteiger partial charge in [-0.25, -0.2) is 0 Å². The van der Waals surface area contributed by atoms with Crippen molar-refractivity contribution < 1.29 is 27.4 Å². The molecule has 0 radical (unpaired) electrons. The van der Waals surface area contributed by atoms with Gasteiger partial charge in [-0.2, -0.15) is 13.2 Å². The van der Waals surface area contributed by atoms with E-state index in [9.17, 15) is 18.0 Å². The smallest absolute Gasteiger partial charge is 0.391 e. The van der Waals surface area contributed by atoms with Crippen LogP contribution in [-0.4, -0.2) is 32.3 Å². The number of carbonyl (C=O) groups is 1. The lowest BCUT2D eigenvalue weighted by atomic mass is 9.85. The summed E-state index contributed by atoms with van der Waals surface area (Å²) in [5, 5.41) is 2.72. The number of halogens is 3. The number of hydrogen-bond donors (Lipinski definition) is 1. The lowest BCUT2D eigenvalue weighted by molar-refractivity contribution is -0.184. The number of rotatable bonds is 5. The van der Waals surface area contributed by atoms with Gasteiger partial charge in [-0.05, 0) is 37.5 Å². The Hall–Kier alpha value is -1.92. The molecule has 24 heavy (non-hydrogen) atoms. The predicted molar refractivity (Wildman–Crippen MR) is 83.2 cm³/mol. The van der Waals surface area contributed by atoms with Gasteiger partial charge in [0.2, 0.25) is 5.91 Å². The monoisotopic (exact) mass is 345 g/mol. The van der Waals surface area contributed by atoms with E-state index < -0.39 is 18.1 Å². The number of nitrogens with one attached hydrogen (secondary N) is 1. The molecule has 1 aliphatic carbocycles. The molecule has 7 heteroatoms. The molecule has 0 aromatic heterocycles. The van der Waals surface area contributed by atoms with Crippen molar-refractivity contribution in [2.45, 2.75) is 44.3 Å². The number of carbonyl (C=O) groups excluding carboxylic acids is 1. The fourth-order valence-electron chi connectivity index (χ4n) is 3.09. The summed E-state index contributed by atoms with van der Waals surface area (Å²) in [6, 6.07) is 4.67. The molecule has 1 aliphatic rings. The first-order valence-electron chi connectivity index (χ1n) is 7.90. The van der Waals surface area contributed by atoms with Crippen LogP contribution >= 0.6 is 0 Å². The highest BCUT2D eigenvalue weighted by Crippen LogP contribution is 2.37. The van der Waals surface area contributed by atoms with Crippen LogP contribution in [0.5, 0.6) is 11.5 Å². The van der Waals surface area contributed by atoms with Crippen molar-refractivity contribution in [1.29, 1.82) is 0 Å². The first kappa shape index (κ1) is 18.4. The van der Waals surface area contributed by atoms with Crippen molar-refractivity contribution in [3.8, 4) is 11.5 Å². The van der Waals surface area contributed by atoms with Crippen LogP contribution in [0.3, 0.4) is 0 Å². The molecule has 1 aromatic carbocycles. The van der Waals surface area contributed by atoms with Crippen molar-refractivity contribution in [2.75, 3.05) is 14.2 Å². The average Bonchev–Trinajstić information content (AvgIpc) is 2.54. The normalized spacial score (nSPS) is 21.2. The summed E-state index contributed by atoms with van der Waals surface area (Å²) in [6.07, 6.45) is -3.03. The summed E-state index contributed by atoms with van der Waals surface area (Å²) in [6.45, 7) is 0. The maximum atomic E-state index is 12.8. The van der Waals surface area contributed by atoms with Gasteiger partial charge in [-0.3, -0.25) is 4.79 Å². The average molecular weight is 345 g/mol. The largest absolute Gasteiger partial charge is 0.497 e. The van der Waals surface area contributed by atoms with Gasteiger partial charge in [0, 0.05) is 11.6 Å². The van der Waals surface area contributed by atoms with Gasteiger partial charge in [0.1, 0.15) is 11.5 Å². The fraction of sp³-hybridized carbons (Fsp3) is 0.588. The van der Waals surface area contributed by atoms with Crippen LogP contribution in [0.15, 0.2) is 18.2 Å². The summed E-state index contributed by atoms with van der Waals surface area (Å²) >= 11 is 0. The minimum Gasteiger partial charge on any atom is -0.497 e. The molecule has 1 aromatic rings. The van der Waals surface area contributed by atoms with Crippen LogP contribution < -0.4 is 14.8 Å². The minimum absolute atomic E-state index is 0.0353. The van der Waals surface area contributed by atoms with E-state index in [0.29, 0.717) is 29.9 Å². The Balaban J connectivity index is 1.98. The topological polar surface area (TPSA) is 47.6 Å². The van der Waals surface area contributed by atoms with Gasteiger partial charge in [-0.15, -0.1) is 0 Å². The molecule has 0 heterocycles. The number of benzene rings is 1. The molecule has 1 fully saturated rings. The molecule has 2 unspecified atom stereocenters. The predicted octanol–water partition coefficient (Wildman–Crippen LogP) is 3.48. The van der Waals surface area contributed by atoms with Gasteiger partial charge in [-0.1, -0.05) is 6.42 Å². The highest BCUT2D eigenvalue weighted by molar-refractivity contribution is 5.79. The second kappa shape index (κ2) is 7.77. The van der Waals surface area contributed by atoms with Gasteiger partial charge in [0.15, 0.2) is 0 Å². The fourth-order valence-corrected chi connectivity index (χ4v) is 3.09. The van der Waals surface area contributed by atoms with Crippen molar-refractivity contribution >= 4 is 5.91 Å². The van der Waals surface area contributed by atoms with E-state index in [-0.39, 0.29) is 25.2 Å². The molecule has 0 bridgehead atoms. The van der Waals surface area contributed by atoms with Crippen molar-refractivity contribution in [3.05, 3.63) is 23.8 Å². The Labute approximate surface area is 139 Å². The highest BCUT2D eigenvalue weighted by Gasteiger charge is 2.42. The number of amides is 1. The maximum Gasteiger partial charge on any atom is 0.391 e. The number of ether oxygens (including phenoxy) is 2. The molecule has 0 aliphatic heterocycles. The van der Waals surface area contributed by atoms with E-state index in [2.05, 4.69) is 5.32 Å². The molecule has 2 atom stereocenters. The van der Waals surface area contributed by atoms with E-state index in [0.717, 1.165) is 0 Å². The van der Waals surface area contributed by atoms with E-state index in [1.807, 2.05) is 0 Å². The zero-order chi connectivity index (χ0) is 17.7. The molecule has 0 spiro atoms. The van der Waals surface area contributed by atoms with Gasteiger partial charge in [0.05, 0.1) is 26.6 Å². The van der Waals surface area contributed by atoms with Gasteiger partial charge >= 0.3 is 6.18 Å². The highest BCUT2D eigenvalue weighted by atomic mass is 19.4. The van der Waals surface area contributed by atoms with Crippen molar-refractivity contribution in [2.24, 2.45) is 5.92 Å². The van der Waals surface area contributed by atoms with E-state index >= 15 is 0 Å².